The average molecular weight is 311 g/mol. The van der Waals surface area contributed by atoms with Gasteiger partial charge < -0.3 is 0 Å². The molecule has 1 aromatic heterocycles. The van der Waals surface area contributed by atoms with Crippen molar-refractivity contribution in [2.75, 3.05) is 0 Å². The Labute approximate surface area is 113 Å². The number of nitrogens with zero attached hydrogens (tertiary/aromatic N) is 2. The fraction of sp³-hybridized carbons (Fsp3) is 0.167. The van der Waals surface area contributed by atoms with Crippen molar-refractivity contribution < 1.29 is 4.39 Å². The first-order valence-electron chi connectivity index (χ1n) is 5.32. The molecule has 0 fully saturated rings. The summed E-state index contributed by atoms with van der Waals surface area (Å²) in [5, 5.41) is 0. The zero-order valence-corrected chi connectivity index (χ0v) is 11.3. The van der Waals surface area contributed by atoms with Crippen molar-refractivity contribution in [3.05, 3.63) is 57.8 Å². The Kier molecular flexibility index (Phi) is 4.00. The van der Waals surface area contributed by atoms with Gasteiger partial charge in [0, 0.05) is 16.2 Å². The third-order valence-corrected chi connectivity index (χ3v) is 3.02. The van der Waals surface area contributed by atoms with Gasteiger partial charge in [0.1, 0.15) is 11.6 Å². The molecule has 1 aromatic carbocycles. The predicted molar refractivity (Wildman–Crippen MR) is 70.0 cm³/mol. The van der Waals surface area contributed by atoms with E-state index in [-0.39, 0.29) is 5.82 Å². The van der Waals surface area contributed by atoms with E-state index in [0.29, 0.717) is 17.1 Å². The van der Waals surface area contributed by atoms with Crippen molar-refractivity contribution in [2.24, 2.45) is 5.84 Å². The summed E-state index contributed by atoms with van der Waals surface area (Å²) >= 11 is 3.31. The third-order valence-electron chi connectivity index (χ3n) is 2.53. The molecule has 3 N–H and O–H groups in total. The number of hydrogen-bond donors (Lipinski definition) is 2. The standard InChI is InChI=1S/C12H12BrFN4/c1-7-16-5-4-11(17-7)12(18-15)9-6-8(13)2-3-10(9)14/h2-6,12,18H,15H2,1H3. The van der Waals surface area contributed by atoms with E-state index in [1.807, 2.05) is 0 Å². The molecule has 0 spiro atoms. The minimum Gasteiger partial charge on any atom is -0.271 e. The smallest absolute Gasteiger partial charge is 0.128 e. The Hall–Kier alpha value is -1.37. The number of rotatable bonds is 3. The first kappa shape index (κ1) is 13.1. The fourth-order valence-corrected chi connectivity index (χ4v) is 2.08. The molecular weight excluding hydrogens is 299 g/mol. The SMILES string of the molecule is Cc1nccc(C(NN)c2cc(Br)ccc2F)n1. The highest BCUT2D eigenvalue weighted by atomic mass is 79.9. The summed E-state index contributed by atoms with van der Waals surface area (Å²) in [6.07, 6.45) is 1.62. The molecule has 18 heavy (non-hydrogen) atoms. The number of halogens is 2. The van der Waals surface area contributed by atoms with Crippen LogP contribution < -0.4 is 11.3 Å². The van der Waals surface area contributed by atoms with Gasteiger partial charge in [0.15, 0.2) is 0 Å². The third kappa shape index (κ3) is 2.72. The number of hydrogen-bond acceptors (Lipinski definition) is 4. The van der Waals surface area contributed by atoms with E-state index in [4.69, 9.17) is 5.84 Å². The average Bonchev–Trinajstić information content (AvgIpc) is 2.35. The molecule has 0 aliphatic rings. The highest BCUT2D eigenvalue weighted by Crippen LogP contribution is 2.25. The second kappa shape index (κ2) is 5.51. The van der Waals surface area contributed by atoms with Crippen LogP contribution in [-0.4, -0.2) is 9.97 Å². The molecule has 94 valence electrons. The van der Waals surface area contributed by atoms with Crippen LogP contribution in [0.15, 0.2) is 34.9 Å². The van der Waals surface area contributed by atoms with Crippen molar-refractivity contribution in [1.82, 2.24) is 15.4 Å². The first-order chi connectivity index (χ1) is 8.61. The molecule has 4 nitrogen and oxygen atoms in total. The fourth-order valence-electron chi connectivity index (χ4n) is 1.71. The molecule has 1 atom stereocenters. The molecule has 6 heteroatoms. The van der Waals surface area contributed by atoms with E-state index in [2.05, 4.69) is 31.3 Å². The van der Waals surface area contributed by atoms with Crippen molar-refractivity contribution >= 4 is 15.9 Å². The molecule has 1 heterocycles. The van der Waals surface area contributed by atoms with Crippen LogP contribution in [0, 0.1) is 12.7 Å². The molecule has 2 rings (SSSR count). The van der Waals surface area contributed by atoms with Crippen LogP contribution in [0.1, 0.15) is 23.1 Å². The van der Waals surface area contributed by atoms with Crippen LogP contribution >= 0.6 is 15.9 Å². The van der Waals surface area contributed by atoms with Crippen LogP contribution in [0.25, 0.3) is 0 Å². The second-order valence-corrected chi connectivity index (χ2v) is 4.71. The maximum Gasteiger partial charge on any atom is 0.128 e. The van der Waals surface area contributed by atoms with Crippen molar-refractivity contribution in [3.63, 3.8) is 0 Å². The second-order valence-electron chi connectivity index (χ2n) is 3.79. The van der Waals surface area contributed by atoms with E-state index < -0.39 is 6.04 Å². The summed E-state index contributed by atoms with van der Waals surface area (Å²) in [6.45, 7) is 1.77. The molecule has 0 amide bonds. The molecule has 0 saturated heterocycles. The molecule has 1 unspecified atom stereocenters. The lowest BCUT2D eigenvalue weighted by molar-refractivity contribution is 0.551. The molecule has 0 saturated carbocycles. The van der Waals surface area contributed by atoms with Gasteiger partial charge in [0.05, 0.1) is 11.7 Å². The molecule has 0 aliphatic carbocycles. The number of nitrogens with one attached hydrogen (secondary N) is 1. The highest BCUT2D eigenvalue weighted by Gasteiger charge is 2.18. The van der Waals surface area contributed by atoms with Gasteiger partial charge in [-0.3, -0.25) is 5.84 Å². The number of benzene rings is 1. The van der Waals surface area contributed by atoms with E-state index in [9.17, 15) is 4.39 Å². The monoisotopic (exact) mass is 310 g/mol. The highest BCUT2D eigenvalue weighted by molar-refractivity contribution is 9.10. The maximum absolute atomic E-state index is 13.8. The minimum absolute atomic E-state index is 0.336. The van der Waals surface area contributed by atoms with Crippen LogP contribution in [0.3, 0.4) is 0 Å². The summed E-state index contributed by atoms with van der Waals surface area (Å²) in [7, 11) is 0. The van der Waals surface area contributed by atoms with Gasteiger partial charge in [-0.2, -0.15) is 0 Å². The Morgan fingerprint density at radius 2 is 2.17 bits per heavy atom. The lowest BCUT2D eigenvalue weighted by atomic mass is 10.0. The summed E-state index contributed by atoms with van der Waals surface area (Å²) in [6, 6.07) is 5.90. The van der Waals surface area contributed by atoms with E-state index in [1.54, 1.807) is 31.3 Å². The predicted octanol–water partition coefficient (Wildman–Crippen LogP) is 2.24. The largest absolute Gasteiger partial charge is 0.271 e. The van der Waals surface area contributed by atoms with Gasteiger partial charge in [0.2, 0.25) is 0 Å². The number of aromatic nitrogens is 2. The van der Waals surface area contributed by atoms with Gasteiger partial charge in [-0.15, -0.1) is 0 Å². The zero-order chi connectivity index (χ0) is 13.1. The quantitative estimate of drug-likeness (QED) is 0.674. The number of hydrazine groups is 1. The Bertz CT molecular complexity index is 562. The lowest BCUT2D eigenvalue weighted by Gasteiger charge is -2.17. The lowest BCUT2D eigenvalue weighted by Crippen LogP contribution is -2.30. The maximum atomic E-state index is 13.8. The van der Waals surface area contributed by atoms with Gasteiger partial charge in [-0.05, 0) is 31.2 Å². The molecule has 0 aliphatic heterocycles. The summed E-state index contributed by atoms with van der Waals surface area (Å²) in [4.78, 5) is 8.26. The Morgan fingerprint density at radius 3 is 2.83 bits per heavy atom. The van der Waals surface area contributed by atoms with Crippen molar-refractivity contribution in [3.8, 4) is 0 Å². The van der Waals surface area contributed by atoms with Gasteiger partial charge in [-0.1, -0.05) is 15.9 Å². The number of nitrogens with two attached hydrogens (primary N) is 1. The first-order valence-corrected chi connectivity index (χ1v) is 6.11. The molecule has 0 radical (unpaired) electrons. The van der Waals surface area contributed by atoms with Crippen LogP contribution in [0.4, 0.5) is 4.39 Å². The van der Waals surface area contributed by atoms with Crippen LogP contribution in [0.5, 0.6) is 0 Å². The Morgan fingerprint density at radius 1 is 1.39 bits per heavy atom. The summed E-state index contributed by atoms with van der Waals surface area (Å²) in [5.74, 6) is 5.79. The Balaban J connectivity index is 2.48. The number of aryl methyl sites for hydroxylation is 1. The molecule has 0 bridgehead atoms. The molecule has 2 aromatic rings. The van der Waals surface area contributed by atoms with E-state index in [1.165, 1.54) is 6.07 Å². The van der Waals surface area contributed by atoms with Crippen LogP contribution in [0.2, 0.25) is 0 Å². The zero-order valence-electron chi connectivity index (χ0n) is 9.69. The summed E-state index contributed by atoms with van der Waals surface area (Å²) < 4.78 is 14.6. The topological polar surface area (TPSA) is 63.8 Å². The van der Waals surface area contributed by atoms with Gasteiger partial charge in [-0.25, -0.2) is 19.8 Å². The van der Waals surface area contributed by atoms with Crippen molar-refractivity contribution in [2.45, 2.75) is 13.0 Å². The normalized spacial score (nSPS) is 12.4. The minimum atomic E-state index is -0.510. The van der Waals surface area contributed by atoms with Crippen LogP contribution in [-0.2, 0) is 0 Å². The van der Waals surface area contributed by atoms with E-state index in [0.717, 1.165) is 4.47 Å². The van der Waals surface area contributed by atoms with E-state index >= 15 is 0 Å². The van der Waals surface area contributed by atoms with Crippen molar-refractivity contribution in [1.29, 1.82) is 0 Å². The summed E-state index contributed by atoms with van der Waals surface area (Å²) in [5.41, 5.74) is 3.64. The van der Waals surface area contributed by atoms with Gasteiger partial charge >= 0.3 is 0 Å². The molecular formula is C12H12BrFN4. The van der Waals surface area contributed by atoms with Gasteiger partial charge in [0.25, 0.3) is 0 Å².